The molecule has 1 saturated heterocycles. The summed E-state index contributed by atoms with van der Waals surface area (Å²) in [6.07, 6.45) is 0.892. The highest BCUT2D eigenvalue weighted by Gasteiger charge is 2.28. The maximum absolute atomic E-state index is 12.6. The number of carbonyl (C=O) groups excluding carboxylic acids is 1. The molecule has 0 bridgehead atoms. The molecule has 2 aliphatic rings. The summed E-state index contributed by atoms with van der Waals surface area (Å²) in [7, 11) is 3.97. The van der Waals surface area contributed by atoms with Crippen molar-refractivity contribution in [2.24, 2.45) is 5.73 Å². The van der Waals surface area contributed by atoms with E-state index in [2.05, 4.69) is 17.3 Å². The summed E-state index contributed by atoms with van der Waals surface area (Å²) in [6.45, 7) is 4.54. The second-order valence-corrected chi connectivity index (χ2v) is 6.18. The van der Waals surface area contributed by atoms with Gasteiger partial charge in [-0.15, -0.1) is 0 Å². The number of nitrogens with two attached hydrogens (primary N) is 1. The van der Waals surface area contributed by atoms with Crippen LogP contribution < -0.4 is 20.5 Å². The number of piperazine rings is 1. The van der Waals surface area contributed by atoms with Crippen molar-refractivity contribution in [2.45, 2.75) is 19.0 Å². The van der Waals surface area contributed by atoms with Crippen LogP contribution >= 0.6 is 0 Å². The first-order valence-corrected chi connectivity index (χ1v) is 8.33. The summed E-state index contributed by atoms with van der Waals surface area (Å²) in [5, 5.41) is 3.02. The van der Waals surface area contributed by atoms with Crippen molar-refractivity contribution in [3.8, 4) is 11.5 Å². The van der Waals surface area contributed by atoms with Crippen molar-refractivity contribution in [2.75, 3.05) is 39.5 Å². The topological polar surface area (TPSA) is 80.1 Å². The van der Waals surface area contributed by atoms with Crippen molar-refractivity contribution in [3.63, 3.8) is 0 Å². The number of amides is 1. The summed E-state index contributed by atoms with van der Waals surface area (Å²) in [5.41, 5.74) is 6.59. The van der Waals surface area contributed by atoms with E-state index in [-0.39, 0.29) is 18.7 Å². The maximum atomic E-state index is 12.6. The fourth-order valence-electron chi connectivity index (χ4n) is 3.05. The van der Waals surface area contributed by atoms with E-state index in [0.29, 0.717) is 19.6 Å². The van der Waals surface area contributed by atoms with Crippen LogP contribution in [0, 0.1) is 7.05 Å². The quantitative estimate of drug-likeness (QED) is 0.722. The van der Waals surface area contributed by atoms with E-state index in [9.17, 15) is 4.79 Å². The van der Waals surface area contributed by atoms with Gasteiger partial charge in [0.2, 0.25) is 12.7 Å². The summed E-state index contributed by atoms with van der Waals surface area (Å²) in [6, 6.07) is 5.53. The zero-order valence-electron chi connectivity index (χ0n) is 13.9. The van der Waals surface area contributed by atoms with Crippen LogP contribution in [0.4, 0.5) is 0 Å². The number of fused-ring (bicyclic) bond motifs is 1. The molecule has 132 valence electrons. The SMILES string of the molecule is [CH2-]N1CCN(CCCN)C(C(=O)NCc2ccc3c(c2)OCO3)C1. The molecule has 1 unspecified atom stereocenters. The highest BCUT2D eigenvalue weighted by Crippen LogP contribution is 2.32. The number of carbonyl (C=O) groups is 1. The van der Waals surface area contributed by atoms with E-state index < -0.39 is 0 Å². The molecular formula is C17H25N4O3-. The largest absolute Gasteiger partial charge is 0.456 e. The lowest BCUT2D eigenvalue weighted by Crippen LogP contribution is -2.57. The maximum Gasteiger partial charge on any atom is 0.238 e. The molecule has 7 nitrogen and oxygen atoms in total. The van der Waals surface area contributed by atoms with Crippen LogP contribution in [0.15, 0.2) is 18.2 Å². The Kier molecular flexibility index (Phi) is 5.55. The Morgan fingerprint density at radius 2 is 2.17 bits per heavy atom. The molecule has 0 saturated carbocycles. The number of ether oxygens (including phenoxy) is 2. The number of hydrogen-bond acceptors (Lipinski definition) is 6. The first-order chi connectivity index (χ1) is 11.7. The summed E-state index contributed by atoms with van der Waals surface area (Å²) < 4.78 is 10.7. The Bertz CT molecular complexity index is 579. The minimum Gasteiger partial charge on any atom is -0.456 e. The zero-order chi connectivity index (χ0) is 16.9. The number of hydrogen-bond donors (Lipinski definition) is 2. The average Bonchev–Trinajstić information content (AvgIpc) is 3.06. The number of benzene rings is 1. The van der Waals surface area contributed by atoms with Crippen LogP contribution in [-0.2, 0) is 11.3 Å². The summed E-state index contributed by atoms with van der Waals surface area (Å²) in [4.78, 5) is 16.8. The number of nitrogens with zero attached hydrogens (tertiary/aromatic N) is 2. The van der Waals surface area contributed by atoms with Gasteiger partial charge in [-0.05, 0) is 43.8 Å². The predicted octanol–water partition coefficient (Wildman–Crippen LogP) is 0.158. The van der Waals surface area contributed by atoms with E-state index in [1.165, 1.54) is 0 Å². The summed E-state index contributed by atoms with van der Waals surface area (Å²) >= 11 is 0. The minimum absolute atomic E-state index is 0.0260. The molecule has 24 heavy (non-hydrogen) atoms. The van der Waals surface area contributed by atoms with E-state index >= 15 is 0 Å². The molecule has 1 amide bonds. The first-order valence-electron chi connectivity index (χ1n) is 8.33. The molecular weight excluding hydrogens is 308 g/mol. The van der Waals surface area contributed by atoms with Gasteiger partial charge in [-0.2, -0.15) is 0 Å². The van der Waals surface area contributed by atoms with Crippen LogP contribution in [0.1, 0.15) is 12.0 Å². The highest BCUT2D eigenvalue weighted by atomic mass is 16.7. The third kappa shape index (κ3) is 3.98. The lowest BCUT2D eigenvalue weighted by atomic mass is 10.1. The van der Waals surface area contributed by atoms with Crippen molar-refractivity contribution in [1.29, 1.82) is 0 Å². The first kappa shape index (κ1) is 17.0. The van der Waals surface area contributed by atoms with Gasteiger partial charge in [0.1, 0.15) is 0 Å². The molecule has 1 atom stereocenters. The minimum atomic E-state index is -0.184. The molecule has 0 radical (unpaired) electrons. The Balaban J connectivity index is 1.57. The Labute approximate surface area is 142 Å². The van der Waals surface area contributed by atoms with Crippen LogP contribution in [0.5, 0.6) is 11.5 Å². The Hall–Kier alpha value is -1.83. The number of rotatable bonds is 6. The Morgan fingerprint density at radius 3 is 3.00 bits per heavy atom. The fourth-order valence-corrected chi connectivity index (χ4v) is 3.05. The van der Waals surface area contributed by atoms with E-state index in [4.69, 9.17) is 15.2 Å². The normalized spacial score (nSPS) is 21.0. The van der Waals surface area contributed by atoms with Gasteiger partial charge < -0.3 is 25.4 Å². The van der Waals surface area contributed by atoms with Crippen molar-refractivity contribution in [1.82, 2.24) is 15.1 Å². The lowest BCUT2D eigenvalue weighted by molar-refractivity contribution is -0.128. The second-order valence-electron chi connectivity index (χ2n) is 6.18. The van der Waals surface area contributed by atoms with Gasteiger partial charge in [-0.25, -0.2) is 0 Å². The van der Waals surface area contributed by atoms with E-state index in [0.717, 1.165) is 43.1 Å². The standard InChI is InChI=1S/C17H25N4O3/c1-20-7-8-21(6-2-5-18)14(11-20)17(22)19-10-13-3-4-15-16(9-13)24-12-23-15/h3-4,9,14H,1-2,5-8,10-12,18H2,(H,19,22)/q-1. The van der Waals surface area contributed by atoms with Crippen molar-refractivity contribution >= 4 is 5.91 Å². The third-order valence-corrected chi connectivity index (χ3v) is 4.43. The zero-order valence-corrected chi connectivity index (χ0v) is 13.9. The van der Waals surface area contributed by atoms with Gasteiger partial charge in [0, 0.05) is 19.6 Å². The Morgan fingerprint density at radius 1 is 1.33 bits per heavy atom. The molecule has 1 aromatic rings. The van der Waals surface area contributed by atoms with Crippen molar-refractivity contribution < 1.29 is 14.3 Å². The molecule has 0 aromatic heterocycles. The predicted molar refractivity (Wildman–Crippen MR) is 90.4 cm³/mol. The highest BCUT2D eigenvalue weighted by molar-refractivity contribution is 5.82. The monoisotopic (exact) mass is 333 g/mol. The molecule has 2 aliphatic heterocycles. The molecule has 2 heterocycles. The molecule has 0 spiro atoms. The van der Waals surface area contributed by atoms with Crippen LogP contribution in [0.25, 0.3) is 0 Å². The average molecular weight is 333 g/mol. The molecule has 1 aromatic carbocycles. The molecule has 3 N–H and O–H groups in total. The van der Waals surface area contributed by atoms with Gasteiger partial charge in [-0.3, -0.25) is 16.7 Å². The molecule has 7 heteroatoms. The van der Waals surface area contributed by atoms with E-state index in [1.54, 1.807) is 0 Å². The van der Waals surface area contributed by atoms with Gasteiger partial charge >= 0.3 is 0 Å². The lowest BCUT2D eigenvalue weighted by Gasteiger charge is -2.42. The van der Waals surface area contributed by atoms with Crippen LogP contribution in [0.3, 0.4) is 0 Å². The molecule has 1 fully saturated rings. The van der Waals surface area contributed by atoms with Gasteiger partial charge in [0.15, 0.2) is 11.5 Å². The second kappa shape index (κ2) is 7.83. The van der Waals surface area contributed by atoms with Gasteiger partial charge in [-0.1, -0.05) is 6.07 Å². The van der Waals surface area contributed by atoms with Gasteiger partial charge in [0.05, 0.1) is 6.04 Å². The van der Waals surface area contributed by atoms with E-state index in [1.807, 2.05) is 23.1 Å². The van der Waals surface area contributed by atoms with Crippen LogP contribution in [-0.4, -0.2) is 61.3 Å². The van der Waals surface area contributed by atoms with Crippen LogP contribution in [0.2, 0.25) is 0 Å². The molecule has 0 aliphatic carbocycles. The van der Waals surface area contributed by atoms with Gasteiger partial charge in [0.25, 0.3) is 0 Å². The third-order valence-electron chi connectivity index (χ3n) is 4.43. The fraction of sp³-hybridized carbons (Fsp3) is 0.529. The smallest absolute Gasteiger partial charge is 0.238 e. The summed E-state index contributed by atoms with van der Waals surface area (Å²) in [5.74, 6) is 1.50. The van der Waals surface area contributed by atoms with Crippen molar-refractivity contribution in [3.05, 3.63) is 30.8 Å². The number of nitrogens with one attached hydrogen (secondary N) is 1. The molecule has 3 rings (SSSR count).